The summed E-state index contributed by atoms with van der Waals surface area (Å²) in [5, 5.41) is 13.1. The number of amides is 1. The average molecular weight is 294 g/mol. The van der Waals surface area contributed by atoms with Crippen LogP contribution in [0.25, 0.3) is 0 Å². The van der Waals surface area contributed by atoms with Gasteiger partial charge < -0.3 is 14.8 Å². The highest BCUT2D eigenvalue weighted by atomic mass is 16.6. The van der Waals surface area contributed by atoms with Crippen LogP contribution in [-0.2, 0) is 19.1 Å². The Morgan fingerprint density at radius 3 is 2.52 bits per heavy atom. The van der Waals surface area contributed by atoms with Crippen molar-refractivity contribution in [2.45, 2.75) is 18.4 Å². The van der Waals surface area contributed by atoms with Crippen LogP contribution in [0, 0.1) is 10.1 Å². The minimum atomic E-state index is -1.64. The van der Waals surface area contributed by atoms with Crippen molar-refractivity contribution in [1.29, 1.82) is 0 Å². The van der Waals surface area contributed by atoms with E-state index in [1.165, 1.54) is 31.4 Å². The number of carbonyl (C=O) groups is 2. The molecule has 2 rings (SSSR count). The van der Waals surface area contributed by atoms with Gasteiger partial charge in [0.15, 0.2) is 0 Å². The van der Waals surface area contributed by atoms with Crippen molar-refractivity contribution < 1.29 is 24.0 Å². The number of nitro benzene ring substituents is 1. The maximum Gasteiger partial charge on any atom is 0.348 e. The summed E-state index contributed by atoms with van der Waals surface area (Å²) in [4.78, 5) is 34.1. The van der Waals surface area contributed by atoms with Gasteiger partial charge in [0.25, 0.3) is 11.6 Å². The Bertz CT molecular complexity index is 563. The van der Waals surface area contributed by atoms with Gasteiger partial charge in [0.2, 0.25) is 5.60 Å². The van der Waals surface area contributed by atoms with Crippen LogP contribution < -0.4 is 5.32 Å². The fraction of sp³-hybridized carbons (Fsp3) is 0.385. The molecule has 0 saturated carbocycles. The van der Waals surface area contributed by atoms with Gasteiger partial charge in [-0.1, -0.05) is 0 Å². The molecule has 1 amide bonds. The number of hydrogen-bond acceptors (Lipinski definition) is 6. The fourth-order valence-corrected chi connectivity index (χ4v) is 2.14. The van der Waals surface area contributed by atoms with E-state index < -0.39 is 22.4 Å². The van der Waals surface area contributed by atoms with Crippen molar-refractivity contribution in [1.82, 2.24) is 0 Å². The van der Waals surface area contributed by atoms with Crippen LogP contribution >= 0.6 is 0 Å². The summed E-state index contributed by atoms with van der Waals surface area (Å²) in [5.41, 5.74) is -1.39. The van der Waals surface area contributed by atoms with E-state index in [4.69, 9.17) is 4.74 Å². The quantitative estimate of drug-likeness (QED) is 0.387. The van der Waals surface area contributed by atoms with Crippen molar-refractivity contribution in [2.75, 3.05) is 19.0 Å². The fourth-order valence-electron chi connectivity index (χ4n) is 2.14. The van der Waals surface area contributed by atoms with E-state index in [9.17, 15) is 19.7 Å². The summed E-state index contributed by atoms with van der Waals surface area (Å²) in [6.07, 6.45) is 0.807. The molecule has 1 aromatic carbocycles. The van der Waals surface area contributed by atoms with Crippen LogP contribution in [0.15, 0.2) is 24.3 Å². The Morgan fingerprint density at radius 2 is 2.05 bits per heavy atom. The predicted octanol–water partition coefficient (Wildman–Crippen LogP) is 1.26. The molecule has 21 heavy (non-hydrogen) atoms. The number of nitrogens with zero attached hydrogens (tertiary/aromatic N) is 1. The summed E-state index contributed by atoms with van der Waals surface area (Å²) in [5.74, 6) is -1.39. The van der Waals surface area contributed by atoms with Crippen LogP contribution in [-0.4, -0.2) is 36.1 Å². The van der Waals surface area contributed by atoms with Gasteiger partial charge in [0.05, 0.1) is 12.0 Å². The summed E-state index contributed by atoms with van der Waals surface area (Å²) in [7, 11) is 1.19. The first-order valence-corrected chi connectivity index (χ1v) is 6.28. The number of methoxy groups -OCH3 is 1. The van der Waals surface area contributed by atoms with Gasteiger partial charge in [0.1, 0.15) is 0 Å². The Morgan fingerprint density at radius 1 is 1.38 bits per heavy atom. The molecule has 112 valence electrons. The summed E-state index contributed by atoms with van der Waals surface area (Å²) >= 11 is 0. The van der Waals surface area contributed by atoms with Crippen molar-refractivity contribution in [3.63, 3.8) is 0 Å². The number of esters is 1. The minimum Gasteiger partial charge on any atom is -0.466 e. The van der Waals surface area contributed by atoms with E-state index in [1.807, 2.05) is 0 Å². The number of carbonyl (C=O) groups excluding carboxylic acids is 2. The lowest BCUT2D eigenvalue weighted by Crippen LogP contribution is -2.50. The van der Waals surface area contributed by atoms with Gasteiger partial charge in [-0.2, -0.15) is 0 Å². The van der Waals surface area contributed by atoms with Crippen molar-refractivity contribution in [3.8, 4) is 0 Å². The second kappa shape index (κ2) is 5.88. The number of non-ortho nitro benzene ring substituents is 1. The van der Waals surface area contributed by atoms with E-state index in [2.05, 4.69) is 10.1 Å². The first-order valence-electron chi connectivity index (χ1n) is 6.28. The third-order valence-corrected chi connectivity index (χ3v) is 3.24. The van der Waals surface area contributed by atoms with E-state index in [-0.39, 0.29) is 12.1 Å². The number of hydrogen-bond donors (Lipinski definition) is 1. The van der Waals surface area contributed by atoms with E-state index in [0.29, 0.717) is 18.7 Å². The standard InChI is InChI=1S/C13H14N2O6/c1-20-12(17)13(7-2-8-21-13)11(16)14-9-3-5-10(6-4-9)15(18)19/h3-6H,2,7-8H2,1H3,(H,14,16). The van der Waals surface area contributed by atoms with Crippen molar-refractivity contribution in [3.05, 3.63) is 34.4 Å². The number of anilines is 1. The monoisotopic (exact) mass is 294 g/mol. The molecule has 0 spiro atoms. The van der Waals surface area contributed by atoms with Gasteiger partial charge in [-0.25, -0.2) is 4.79 Å². The van der Waals surface area contributed by atoms with E-state index >= 15 is 0 Å². The number of nitrogens with one attached hydrogen (secondary N) is 1. The lowest BCUT2D eigenvalue weighted by Gasteiger charge is -2.23. The summed E-state index contributed by atoms with van der Waals surface area (Å²) in [6, 6.07) is 5.29. The molecular weight excluding hydrogens is 280 g/mol. The zero-order valence-corrected chi connectivity index (χ0v) is 11.3. The molecule has 1 aromatic rings. The first kappa shape index (κ1) is 14.9. The molecule has 0 aromatic heterocycles. The molecule has 1 aliphatic heterocycles. The van der Waals surface area contributed by atoms with Crippen LogP contribution in [0.5, 0.6) is 0 Å². The topological polar surface area (TPSA) is 108 Å². The molecule has 0 radical (unpaired) electrons. The minimum absolute atomic E-state index is 0.0900. The predicted molar refractivity (Wildman–Crippen MR) is 71.7 cm³/mol. The zero-order valence-electron chi connectivity index (χ0n) is 11.3. The van der Waals surface area contributed by atoms with Crippen LogP contribution in [0.2, 0.25) is 0 Å². The maximum absolute atomic E-state index is 12.3. The highest BCUT2D eigenvalue weighted by molar-refractivity contribution is 6.12. The Kier molecular flexibility index (Phi) is 4.18. The third-order valence-electron chi connectivity index (χ3n) is 3.24. The number of benzene rings is 1. The van der Waals surface area contributed by atoms with Gasteiger partial charge in [0, 0.05) is 24.4 Å². The molecule has 1 N–H and O–H groups in total. The van der Waals surface area contributed by atoms with Gasteiger partial charge in [-0.15, -0.1) is 0 Å². The SMILES string of the molecule is COC(=O)C1(C(=O)Nc2ccc([N+](=O)[O-])cc2)CCCO1. The smallest absolute Gasteiger partial charge is 0.348 e. The lowest BCUT2D eigenvalue weighted by atomic mass is 9.99. The number of rotatable bonds is 4. The second-order valence-electron chi connectivity index (χ2n) is 4.53. The molecule has 8 heteroatoms. The van der Waals surface area contributed by atoms with Crippen LogP contribution in [0.4, 0.5) is 11.4 Å². The lowest BCUT2D eigenvalue weighted by molar-refractivity contribution is -0.384. The molecular formula is C13H14N2O6. The Hall–Kier alpha value is -2.48. The highest BCUT2D eigenvalue weighted by Crippen LogP contribution is 2.29. The summed E-state index contributed by atoms with van der Waals surface area (Å²) < 4.78 is 9.93. The first-order chi connectivity index (χ1) is 9.99. The zero-order chi connectivity index (χ0) is 15.5. The molecule has 0 bridgehead atoms. The molecule has 1 saturated heterocycles. The summed E-state index contributed by atoms with van der Waals surface area (Å²) in [6.45, 7) is 0.294. The Labute approximate surface area is 120 Å². The molecule has 1 aliphatic rings. The highest BCUT2D eigenvalue weighted by Gasteiger charge is 2.51. The van der Waals surface area contributed by atoms with Crippen LogP contribution in [0.3, 0.4) is 0 Å². The largest absolute Gasteiger partial charge is 0.466 e. The third kappa shape index (κ3) is 2.84. The van der Waals surface area contributed by atoms with Gasteiger partial charge in [-0.3, -0.25) is 14.9 Å². The van der Waals surface area contributed by atoms with E-state index in [0.717, 1.165) is 0 Å². The Balaban J connectivity index is 2.15. The normalized spacial score (nSPS) is 20.8. The molecule has 1 heterocycles. The van der Waals surface area contributed by atoms with Gasteiger partial charge in [-0.05, 0) is 25.0 Å². The van der Waals surface area contributed by atoms with Crippen LogP contribution in [0.1, 0.15) is 12.8 Å². The van der Waals surface area contributed by atoms with Crippen molar-refractivity contribution >= 4 is 23.3 Å². The number of nitro groups is 1. The van der Waals surface area contributed by atoms with Crippen molar-refractivity contribution in [2.24, 2.45) is 0 Å². The maximum atomic E-state index is 12.3. The second-order valence-corrected chi connectivity index (χ2v) is 4.53. The number of ether oxygens (including phenoxy) is 2. The average Bonchev–Trinajstić information content (AvgIpc) is 2.97. The molecule has 1 atom stereocenters. The molecule has 8 nitrogen and oxygen atoms in total. The molecule has 1 unspecified atom stereocenters. The molecule has 0 aliphatic carbocycles. The molecule has 1 fully saturated rings. The van der Waals surface area contributed by atoms with E-state index in [1.54, 1.807) is 0 Å². The van der Waals surface area contributed by atoms with Gasteiger partial charge >= 0.3 is 5.97 Å².